The molecule has 2 N–H and O–H groups in total. The number of aliphatic hydroxyl groups is 1. The van der Waals surface area contributed by atoms with Crippen LogP contribution in [0.15, 0.2) is 18.2 Å². The molecule has 1 heterocycles. The van der Waals surface area contributed by atoms with Gasteiger partial charge in [0.15, 0.2) is 0 Å². The molecule has 1 aliphatic heterocycles. The van der Waals surface area contributed by atoms with E-state index < -0.39 is 11.2 Å². The first-order chi connectivity index (χ1) is 11.1. The monoisotopic (exact) mass is 334 g/mol. The van der Waals surface area contributed by atoms with E-state index in [0.29, 0.717) is 32.5 Å². The van der Waals surface area contributed by atoms with Gasteiger partial charge in [-0.25, -0.2) is 4.79 Å². The minimum absolute atomic E-state index is 0.299. The number of carbonyl (C=O) groups is 1. The number of likely N-dealkylation sites (tertiary alicyclic amines) is 1. The van der Waals surface area contributed by atoms with Gasteiger partial charge >= 0.3 is 6.09 Å². The van der Waals surface area contributed by atoms with Gasteiger partial charge in [0.1, 0.15) is 5.60 Å². The third-order valence-electron chi connectivity index (χ3n) is 4.19. The molecule has 0 atom stereocenters. The fourth-order valence-electron chi connectivity index (χ4n) is 2.95. The Balaban J connectivity index is 1.87. The lowest BCUT2D eigenvalue weighted by Crippen LogP contribution is -2.50. The van der Waals surface area contributed by atoms with Gasteiger partial charge in [-0.1, -0.05) is 6.07 Å². The molecule has 1 fully saturated rings. The molecule has 2 rings (SSSR count). The van der Waals surface area contributed by atoms with Gasteiger partial charge in [-0.15, -0.1) is 0 Å². The normalized spacial score (nSPS) is 17.5. The SMILES string of the molecule is Cc1cc(C)cc(NCC2(O)CCN(C(=O)OC(C)(C)C)CC2)c1. The lowest BCUT2D eigenvalue weighted by atomic mass is 9.91. The summed E-state index contributed by atoms with van der Waals surface area (Å²) >= 11 is 0. The number of amides is 1. The van der Waals surface area contributed by atoms with Crippen molar-refractivity contribution < 1.29 is 14.6 Å². The van der Waals surface area contributed by atoms with E-state index in [-0.39, 0.29) is 6.09 Å². The number of nitrogens with one attached hydrogen (secondary N) is 1. The largest absolute Gasteiger partial charge is 0.444 e. The van der Waals surface area contributed by atoms with Gasteiger partial charge in [-0.3, -0.25) is 0 Å². The van der Waals surface area contributed by atoms with E-state index >= 15 is 0 Å². The molecule has 24 heavy (non-hydrogen) atoms. The molecular formula is C19H30N2O3. The van der Waals surface area contributed by atoms with Crippen LogP contribution in [0, 0.1) is 13.8 Å². The maximum Gasteiger partial charge on any atom is 0.410 e. The molecule has 0 saturated carbocycles. The maximum absolute atomic E-state index is 12.1. The second-order valence-electron chi connectivity index (χ2n) is 7.92. The molecule has 1 aromatic carbocycles. The minimum atomic E-state index is -0.795. The lowest BCUT2D eigenvalue weighted by molar-refractivity contribution is -0.0244. The van der Waals surface area contributed by atoms with Gasteiger partial charge in [0.05, 0.1) is 5.60 Å². The number of benzene rings is 1. The van der Waals surface area contributed by atoms with Gasteiger partial charge in [0.25, 0.3) is 0 Å². The zero-order valence-corrected chi connectivity index (χ0v) is 15.5. The molecule has 1 amide bonds. The molecule has 0 spiro atoms. The molecule has 0 unspecified atom stereocenters. The van der Waals surface area contributed by atoms with E-state index in [1.54, 1.807) is 4.90 Å². The summed E-state index contributed by atoms with van der Waals surface area (Å²) < 4.78 is 5.39. The van der Waals surface area contributed by atoms with E-state index in [1.165, 1.54) is 11.1 Å². The Labute approximate surface area is 145 Å². The Morgan fingerprint density at radius 2 is 1.75 bits per heavy atom. The number of ether oxygens (including phenoxy) is 1. The van der Waals surface area contributed by atoms with Crippen LogP contribution in [0.25, 0.3) is 0 Å². The highest BCUT2D eigenvalue weighted by Crippen LogP contribution is 2.25. The van der Waals surface area contributed by atoms with Crippen molar-refractivity contribution in [3.8, 4) is 0 Å². The van der Waals surface area contributed by atoms with E-state index in [9.17, 15) is 9.90 Å². The van der Waals surface area contributed by atoms with Crippen molar-refractivity contribution in [1.82, 2.24) is 4.90 Å². The third-order valence-corrected chi connectivity index (χ3v) is 4.19. The summed E-state index contributed by atoms with van der Waals surface area (Å²) in [5.74, 6) is 0. The van der Waals surface area contributed by atoms with Crippen molar-refractivity contribution in [3.05, 3.63) is 29.3 Å². The van der Waals surface area contributed by atoms with Crippen molar-refractivity contribution in [2.75, 3.05) is 25.0 Å². The summed E-state index contributed by atoms with van der Waals surface area (Å²) in [5, 5.41) is 14.1. The number of rotatable bonds is 3. The van der Waals surface area contributed by atoms with E-state index in [4.69, 9.17) is 4.74 Å². The fourth-order valence-corrected chi connectivity index (χ4v) is 2.95. The summed E-state index contributed by atoms with van der Waals surface area (Å²) in [6.45, 7) is 11.2. The van der Waals surface area contributed by atoms with E-state index in [2.05, 4.69) is 37.4 Å². The molecule has 1 saturated heterocycles. The molecular weight excluding hydrogens is 304 g/mol. The predicted molar refractivity (Wildman–Crippen MR) is 96.4 cm³/mol. The first-order valence-corrected chi connectivity index (χ1v) is 8.59. The quantitative estimate of drug-likeness (QED) is 0.888. The van der Waals surface area contributed by atoms with Crippen molar-refractivity contribution in [1.29, 1.82) is 0 Å². The zero-order valence-electron chi connectivity index (χ0n) is 15.5. The number of hydrogen-bond acceptors (Lipinski definition) is 4. The molecule has 0 aliphatic carbocycles. The molecule has 0 aromatic heterocycles. The Hall–Kier alpha value is -1.75. The standard InChI is InChI=1S/C19H30N2O3/c1-14-10-15(2)12-16(11-14)20-13-19(23)6-8-21(9-7-19)17(22)24-18(3,4)5/h10-12,20,23H,6-9,13H2,1-5H3. The van der Waals surface area contributed by atoms with Gasteiger partial charge in [-0.05, 0) is 70.7 Å². The van der Waals surface area contributed by atoms with E-state index in [0.717, 1.165) is 5.69 Å². The van der Waals surface area contributed by atoms with Crippen molar-refractivity contribution in [2.45, 2.75) is 58.7 Å². The molecule has 5 heteroatoms. The Kier molecular flexibility index (Phi) is 5.43. The molecule has 0 bridgehead atoms. The second-order valence-corrected chi connectivity index (χ2v) is 7.92. The summed E-state index contributed by atoms with van der Waals surface area (Å²) in [4.78, 5) is 13.8. The van der Waals surface area contributed by atoms with E-state index in [1.807, 2.05) is 20.8 Å². The van der Waals surface area contributed by atoms with Gasteiger partial charge in [0, 0.05) is 25.3 Å². The van der Waals surface area contributed by atoms with Crippen LogP contribution in [0.3, 0.4) is 0 Å². The van der Waals surface area contributed by atoms with Gasteiger partial charge in [-0.2, -0.15) is 0 Å². The maximum atomic E-state index is 12.1. The zero-order chi connectivity index (χ0) is 18.0. The number of anilines is 1. The van der Waals surface area contributed by atoms with Crippen molar-refractivity contribution >= 4 is 11.8 Å². The summed E-state index contributed by atoms with van der Waals surface area (Å²) in [6, 6.07) is 6.28. The molecule has 134 valence electrons. The molecule has 0 radical (unpaired) electrons. The molecule has 1 aliphatic rings. The van der Waals surface area contributed by atoms with Crippen molar-refractivity contribution in [2.24, 2.45) is 0 Å². The number of piperidine rings is 1. The van der Waals surface area contributed by atoms with Crippen LogP contribution in [-0.4, -0.2) is 46.9 Å². The van der Waals surface area contributed by atoms with Crippen molar-refractivity contribution in [3.63, 3.8) is 0 Å². The number of aryl methyl sites for hydroxylation is 2. The fraction of sp³-hybridized carbons (Fsp3) is 0.632. The van der Waals surface area contributed by atoms with Crippen LogP contribution in [-0.2, 0) is 4.74 Å². The van der Waals surface area contributed by atoms with Crippen LogP contribution in [0.4, 0.5) is 10.5 Å². The average molecular weight is 334 g/mol. The van der Waals surface area contributed by atoms with Crippen LogP contribution >= 0.6 is 0 Å². The number of nitrogens with zero attached hydrogens (tertiary/aromatic N) is 1. The number of carbonyl (C=O) groups excluding carboxylic acids is 1. The predicted octanol–water partition coefficient (Wildman–Crippen LogP) is 3.48. The van der Waals surface area contributed by atoms with Crippen LogP contribution < -0.4 is 5.32 Å². The second kappa shape index (κ2) is 7.01. The summed E-state index contributed by atoms with van der Waals surface area (Å²) in [7, 11) is 0. The van der Waals surface area contributed by atoms with Gasteiger partial charge in [0.2, 0.25) is 0 Å². The molecule has 5 nitrogen and oxygen atoms in total. The smallest absolute Gasteiger partial charge is 0.410 e. The third kappa shape index (κ3) is 5.41. The Bertz CT molecular complexity index is 565. The summed E-state index contributed by atoms with van der Waals surface area (Å²) in [6.07, 6.45) is 0.792. The average Bonchev–Trinajstić information content (AvgIpc) is 2.43. The lowest BCUT2D eigenvalue weighted by Gasteiger charge is -2.38. The first-order valence-electron chi connectivity index (χ1n) is 8.59. The highest BCUT2D eigenvalue weighted by Gasteiger charge is 2.35. The topological polar surface area (TPSA) is 61.8 Å². The Morgan fingerprint density at radius 3 is 2.25 bits per heavy atom. The minimum Gasteiger partial charge on any atom is -0.444 e. The summed E-state index contributed by atoms with van der Waals surface area (Å²) in [5.41, 5.74) is 2.13. The number of hydrogen-bond donors (Lipinski definition) is 2. The molecule has 1 aromatic rings. The van der Waals surface area contributed by atoms with Crippen LogP contribution in [0.1, 0.15) is 44.7 Å². The van der Waals surface area contributed by atoms with Crippen LogP contribution in [0.2, 0.25) is 0 Å². The highest BCUT2D eigenvalue weighted by atomic mass is 16.6. The van der Waals surface area contributed by atoms with Gasteiger partial charge < -0.3 is 20.1 Å². The Morgan fingerprint density at radius 1 is 1.21 bits per heavy atom. The first kappa shape index (κ1) is 18.6. The van der Waals surface area contributed by atoms with Crippen LogP contribution in [0.5, 0.6) is 0 Å². The highest BCUT2D eigenvalue weighted by molar-refractivity contribution is 5.68.